The normalized spacial score (nSPS) is 21.3. The molecular weight excluding hydrogens is 158 g/mol. The van der Waals surface area contributed by atoms with Gasteiger partial charge in [-0.1, -0.05) is 23.7 Å². The second kappa shape index (κ2) is 2.35. The monoisotopic (exact) mass is 165 g/mol. The highest BCUT2D eigenvalue weighted by atomic mass is 35.5. The Hall–Kier alpha value is -0.820. The molecule has 1 aliphatic heterocycles. The Balaban J connectivity index is 2.22. The van der Waals surface area contributed by atoms with Gasteiger partial charge in [0.15, 0.2) is 0 Å². The minimum Gasteiger partial charge on any atom is -0.278 e. The number of aliphatic imine (C=N–C) groups is 1. The first-order chi connectivity index (χ1) is 5.27. The van der Waals surface area contributed by atoms with Gasteiger partial charge in [-0.05, 0) is 24.6 Å². The Bertz CT molecular complexity index is 300. The van der Waals surface area contributed by atoms with Crippen LogP contribution in [0, 0.1) is 0 Å². The quantitative estimate of drug-likeness (QED) is 0.607. The van der Waals surface area contributed by atoms with Crippen molar-refractivity contribution in [2.75, 3.05) is 0 Å². The Kier molecular flexibility index (Phi) is 1.46. The number of halogens is 1. The summed E-state index contributed by atoms with van der Waals surface area (Å²) in [6.45, 7) is 2.04. The van der Waals surface area contributed by atoms with E-state index in [2.05, 4.69) is 4.99 Å². The summed E-state index contributed by atoms with van der Waals surface area (Å²) in [4.78, 5) is 4.23. The van der Waals surface area contributed by atoms with Gasteiger partial charge in [-0.2, -0.15) is 0 Å². The minimum atomic E-state index is 0.354. The van der Waals surface area contributed by atoms with Gasteiger partial charge in [-0.3, -0.25) is 4.99 Å². The highest BCUT2D eigenvalue weighted by Crippen LogP contribution is 2.30. The molecule has 0 bridgehead atoms. The van der Waals surface area contributed by atoms with Crippen LogP contribution in [0.15, 0.2) is 29.3 Å². The summed E-state index contributed by atoms with van der Waals surface area (Å²) >= 11 is 5.74. The predicted octanol–water partition coefficient (Wildman–Crippen LogP) is 2.86. The van der Waals surface area contributed by atoms with Crippen LogP contribution in [0.2, 0.25) is 5.02 Å². The number of nitrogens with zero attached hydrogens (tertiary/aromatic N) is 1. The molecule has 0 saturated carbocycles. The largest absolute Gasteiger partial charge is 0.278 e. The lowest BCUT2D eigenvalue weighted by molar-refractivity contribution is 1.13. The summed E-state index contributed by atoms with van der Waals surface area (Å²) in [6, 6.07) is 8.20. The SMILES string of the molecule is CC1=N[C@H]1c1ccc(Cl)cc1. The molecule has 0 fully saturated rings. The molecule has 1 aliphatic rings. The van der Waals surface area contributed by atoms with Gasteiger partial charge in [0.05, 0.1) is 0 Å². The number of hydrogen-bond acceptors (Lipinski definition) is 1. The molecular formula is C9H8ClN. The molecule has 0 aliphatic carbocycles. The summed E-state index contributed by atoms with van der Waals surface area (Å²) < 4.78 is 0. The minimum absolute atomic E-state index is 0.354. The van der Waals surface area contributed by atoms with Crippen LogP contribution in [-0.4, -0.2) is 5.71 Å². The van der Waals surface area contributed by atoms with E-state index in [9.17, 15) is 0 Å². The molecule has 2 heteroatoms. The molecule has 0 N–H and O–H groups in total. The summed E-state index contributed by atoms with van der Waals surface area (Å²) in [7, 11) is 0. The fourth-order valence-corrected chi connectivity index (χ4v) is 1.25. The first kappa shape index (κ1) is 6.86. The lowest BCUT2D eigenvalue weighted by atomic mass is 10.1. The molecule has 11 heavy (non-hydrogen) atoms. The first-order valence-electron chi connectivity index (χ1n) is 3.57. The summed E-state index contributed by atoms with van der Waals surface area (Å²) in [5.41, 5.74) is 2.46. The van der Waals surface area contributed by atoms with E-state index >= 15 is 0 Å². The van der Waals surface area contributed by atoms with Gasteiger partial charge in [0.2, 0.25) is 0 Å². The zero-order chi connectivity index (χ0) is 7.84. The van der Waals surface area contributed by atoms with E-state index in [1.807, 2.05) is 31.2 Å². The molecule has 56 valence electrons. The van der Waals surface area contributed by atoms with E-state index in [0.717, 1.165) is 5.02 Å². The molecule has 1 atom stereocenters. The first-order valence-corrected chi connectivity index (χ1v) is 3.95. The van der Waals surface area contributed by atoms with Crippen LogP contribution < -0.4 is 0 Å². The molecule has 0 aromatic heterocycles. The molecule has 0 radical (unpaired) electrons. The third-order valence-corrected chi connectivity index (χ3v) is 2.10. The Labute approximate surface area is 70.7 Å². The Morgan fingerprint density at radius 1 is 1.27 bits per heavy atom. The molecule has 1 aromatic rings. The fourth-order valence-electron chi connectivity index (χ4n) is 1.13. The van der Waals surface area contributed by atoms with Crippen molar-refractivity contribution >= 4 is 17.3 Å². The molecule has 0 saturated heterocycles. The van der Waals surface area contributed by atoms with Crippen LogP contribution in [-0.2, 0) is 0 Å². The summed E-state index contributed by atoms with van der Waals surface area (Å²) in [6.07, 6.45) is 0. The van der Waals surface area contributed by atoms with Crippen molar-refractivity contribution in [3.63, 3.8) is 0 Å². The third-order valence-electron chi connectivity index (χ3n) is 1.85. The van der Waals surface area contributed by atoms with Crippen LogP contribution in [0.1, 0.15) is 18.5 Å². The van der Waals surface area contributed by atoms with Crippen LogP contribution in [0.3, 0.4) is 0 Å². The molecule has 2 rings (SSSR count). The average molecular weight is 166 g/mol. The standard InChI is InChI=1S/C9H8ClN/c1-6-9(11-6)7-2-4-8(10)5-3-7/h2-5,9H,1H3/t9-/m1/s1. The maximum Gasteiger partial charge on any atom is 0.112 e. The van der Waals surface area contributed by atoms with E-state index in [1.54, 1.807) is 0 Å². The van der Waals surface area contributed by atoms with Gasteiger partial charge in [-0.15, -0.1) is 0 Å². The second-order valence-corrected chi connectivity index (χ2v) is 3.16. The van der Waals surface area contributed by atoms with E-state index in [0.29, 0.717) is 6.04 Å². The smallest absolute Gasteiger partial charge is 0.112 e. The van der Waals surface area contributed by atoms with Crippen LogP contribution in [0.25, 0.3) is 0 Å². The zero-order valence-electron chi connectivity index (χ0n) is 6.21. The maximum atomic E-state index is 5.74. The Morgan fingerprint density at radius 3 is 2.27 bits per heavy atom. The van der Waals surface area contributed by atoms with Gasteiger partial charge in [-0.25, -0.2) is 0 Å². The third kappa shape index (κ3) is 1.29. The maximum absolute atomic E-state index is 5.74. The van der Waals surface area contributed by atoms with Gasteiger partial charge in [0.1, 0.15) is 6.04 Å². The van der Waals surface area contributed by atoms with Crippen LogP contribution in [0.5, 0.6) is 0 Å². The van der Waals surface area contributed by atoms with Crippen LogP contribution >= 0.6 is 11.6 Å². The van der Waals surface area contributed by atoms with Crippen molar-refractivity contribution in [2.45, 2.75) is 13.0 Å². The lowest BCUT2D eigenvalue weighted by Gasteiger charge is -1.95. The molecule has 0 amide bonds. The van der Waals surface area contributed by atoms with Gasteiger partial charge < -0.3 is 0 Å². The molecule has 0 spiro atoms. The van der Waals surface area contributed by atoms with Crippen molar-refractivity contribution < 1.29 is 0 Å². The number of hydrogen-bond donors (Lipinski definition) is 0. The van der Waals surface area contributed by atoms with Crippen molar-refractivity contribution in [3.8, 4) is 0 Å². The zero-order valence-corrected chi connectivity index (χ0v) is 6.97. The van der Waals surface area contributed by atoms with Gasteiger partial charge in [0, 0.05) is 10.7 Å². The van der Waals surface area contributed by atoms with Crippen molar-refractivity contribution in [1.82, 2.24) is 0 Å². The number of rotatable bonds is 1. The van der Waals surface area contributed by atoms with E-state index in [1.165, 1.54) is 11.3 Å². The van der Waals surface area contributed by atoms with Crippen molar-refractivity contribution in [2.24, 2.45) is 4.99 Å². The molecule has 1 aromatic carbocycles. The molecule has 1 nitrogen and oxygen atoms in total. The van der Waals surface area contributed by atoms with Crippen molar-refractivity contribution in [1.29, 1.82) is 0 Å². The second-order valence-electron chi connectivity index (χ2n) is 2.72. The Morgan fingerprint density at radius 2 is 1.82 bits per heavy atom. The van der Waals surface area contributed by atoms with Gasteiger partial charge in [0.25, 0.3) is 0 Å². The van der Waals surface area contributed by atoms with Crippen molar-refractivity contribution in [3.05, 3.63) is 34.9 Å². The summed E-state index contributed by atoms with van der Waals surface area (Å²) in [5, 5.41) is 0.784. The fraction of sp³-hybridized carbons (Fsp3) is 0.222. The van der Waals surface area contributed by atoms with E-state index in [-0.39, 0.29) is 0 Å². The van der Waals surface area contributed by atoms with Gasteiger partial charge >= 0.3 is 0 Å². The summed E-state index contributed by atoms with van der Waals surface area (Å²) in [5.74, 6) is 0. The molecule has 0 unspecified atom stereocenters. The van der Waals surface area contributed by atoms with Crippen LogP contribution in [0.4, 0.5) is 0 Å². The topological polar surface area (TPSA) is 12.4 Å². The van der Waals surface area contributed by atoms with E-state index in [4.69, 9.17) is 11.6 Å². The average Bonchev–Trinajstić information content (AvgIpc) is 2.69. The highest BCUT2D eigenvalue weighted by molar-refractivity contribution is 6.30. The lowest BCUT2D eigenvalue weighted by Crippen LogP contribution is -1.84. The molecule has 1 heterocycles. The van der Waals surface area contributed by atoms with E-state index < -0.39 is 0 Å². The number of benzene rings is 1. The predicted molar refractivity (Wildman–Crippen MR) is 47.3 cm³/mol. The highest BCUT2D eigenvalue weighted by Gasteiger charge is 2.23.